The van der Waals surface area contributed by atoms with Gasteiger partial charge in [0.2, 0.25) is 10.0 Å². The third-order valence-corrected chi connectivity index (χ3v) is 5.36. The van der Waals surface area contributed by atoms with E-state index in [1.807, 2.05) is 30.3 Å². The molecule has 0 amide bonds. The molecular weight excluding hydrogens is 312 g/mol. The lowest BCUT2D eigenvalue weighted by atomic mass is 10.1. The summed E-state index contributed by atoms with van der Waals surface area (Å²) >= 11 is 0. The third kappa shape index (κ3) is 4.48. The van der Waals surface area contributed by atoms with E-state index in [0.29, 0.717) is 6.54 Å². The van der Waals surface area contributed by atoms with Crippen molar-refractivity contribution in [3.8, 4) is 0 Å². The fourth-order valence-corrected chi connectivity index (χ4v) is 3.98. The zero-order valence-corrected chi connectivity index (χ0v) is 13.8. The zero-order chi connectivity index (χ0) is 16.1. The number of fused-ring (bicyclic) bond motifs is 1. The van der Waals surface area contributed by atoms with Gasteiger partial charge in [-0.2, -0.15) is 0 Å². The fraction of sp³-hybridized carbons (Fsp3) is 0.438. The lowest BCUT2D eigenvalue weighted by Gasteiger charge is -2.27. The van der Waals surface area contributed by atoms with Crippen LogP contribution in [0.5, 0.6) is 0 Å². The molecule has 6 nitrogen and oxygen atoms in total. The summed E-state index contributed by atoms with van der Waals surface area (Å²) in [6.45, 7) is 5.06. The molecule has 0 unspecified atom stereocenters. The Balaban J connectivity index is 1.61. The van der Waals surface area contributed by atoms with E-state index in [-0.39, 0.29) is 5.75 Å². The van der Waals surface area contributed by atoms with E-state index in [9.17, 15) is 8.42 Å². The van der Waals surface area contributed by atoms with Crippen molar-refractivity contribution in [1.29, 1.82) is 0 Å². The molecule has 1 aromatic heterocycles. The van der Waals surface area contributed by atoms with Crippen LogP contribution in [-0.2, 0) is 15.8 Å². The van der Waals surface area contributed by atoms with Crippen molar-refractivity contribution in [3.05, 3.63) is 42.1 Å². The highest BCUT2D eigenvalue weighted by Gasteiger charge is 2.15. The molecular formula is C16H22N4O2S. The summed E-state index contributed by atoms with van der Waals surface area (Å²) < 4.78 is 27.3. The number of rotatable bonds is 6. The standard InChI is InChI=1S/C16H22N4O2S/c21-23(22,19-9-12-20-10-7-17-8-11-20)13-15-4-1-3-14-5-2-6-18-16(14)15/h1-6,17,19H,7-13H2. The molecule has 1 aliphatic heterocycles. The van der Waals surface area contributed by atoms with Gasteiger partial charge in [-0.15, -0.1) is 0 Å². The summed E-state index contributed by atoms with van der Waals surface area (Å²) in [5, 5.41) is 4.24. The summed E-state index contributed by atoms with van der Waals surface area (Å²) in [6, 6.07) is 9.43. The molecule has 0 spiro atoms. The van der Waals surface area contributed by atoms with Gasteiger partial charge in [0.25, 0.3) is 0 Å². The monoisotopic (exact) mass is 334 g/mol. The first-order valence-electron chi connectivity index (χ1n) is 7.87. The van der Waals surface area contributed by atoms with Gasteiger partial charge < -0.3 is 5.32 Å². The van der Waals surface area contributed by atoms with Crippen LogP contribution in [0.4, 0.5) is 0 Å². The first kappa shape index (κ1) is 16.3. The summed E-state index contributed by atoms with van der Waals surface area (Å²) in [7, 11) is -3.36. The molecule has 0 bridgehead atoms. The van der Waals surface area contributed by atoms with Crippen LogP contribution in [0.2, 0.25) is 0 Å². The molecule has 0 atom stereocenters. The highest BCUT2D eigenvalue weighted by atomic mass is 32.2. The van der Waals surface area contributed by atoms with Crippen LogP contribution in [0.1, 0.15) is 5.56 Å². The van der Waals surface area contributed by atoms with Crippen molar-refractivity contribution in [2.45, 2.75) is 5.75 Å². The van der Waals surface area contributed by atoms with Gasteiger partial charge in [-0.1, -0.05) is 24.3 Å². The van der Waals surface area contributed by atoms with Crippen LogP contribution in [0, 0.1) is 0 Å². The van der Waals surface area contributed by atoms with Crippen molar-refractivity contribution < 1.29 is 8.42 Å². The van der Waals surface area contributed by atoms with Gasteiger partial charge in [-0.3, -0.25) is 9.88 Å². The van der Waals surface area contributed by atoms with E-state index in [0.717, 1.165) is 49.2 Å². The smallest absolute Gasteiger partial charge is 0.215 e. The molecule has 23 heavy (non-hydrogen) atoms. The number of nitrogens with zero attached hydrogens (tertiary/aromatic N) is 2. The van der Waals surface area contributed by atoms with E-state index < -0.39 is 10.0 Å². The van der Waals surface area contributed by atoms with Gasteiger partial charge in [0, 0.05) is 50.9 Å². The Morgan fingerprint density at radius 2 is 1.96 bits per heavy atom. The number of nitrogens with one attached hydrogen (secondary N) is 2. The van der Waals surface area contributed by atoms with Gasteiger partial charge in [0.05, 0.1) is 11.3 Å². The predicted molar refractivity (Wildman–Crippen MR) is 91.7 cm³/mol. The molecule has 1 aliphatic rings. The minimum Gasteiger partial charge on any atom is -0.314 e. The first-order valence-corrected chi connectivity index (χ1v) is 9.52. The van der Waals surface area contributed by atoms with Crippen LogP contribution in [-0.4, -0.2) is 57.6 Å². The maximum absolute atomic E-state index is 12.3. The summed E-state index contributed by atoms with van der Waals surface area (Å²) in [5.74, 6) is -0.0388. The SMILES string of the molecule is O=S(=O)(Cc1cccc2cccnc12)NCCN1CCNCC1. The highest BCUT2D eigenvalue weighted by molar-refractivity contribution is 7.88. The molecule has 0 aliphatic carbocycles. The number of sulfonamides is 1. The number of pyridine rings is 1. The normalized spacial score (nSPS) is 16.7. The maximum atomic E-state index is 12.3. The van der Waals surface area contributed by atoms with Crippen LogP contribution < -0.4 is 10.0 Å². The van der Waals surface area contributed by atoms with Gasteiger partial charge in [-0.25, -0.2) is 13.1 Å². The second kappa shape index (κ2) is 7.35. The molecule has 0 radical (unpaired) electrons. The Morgan fingerprint density at radius 3 is 2.78 bits per heavy atom. The molecule has 1 fully saturated rings. The van der Waals surface area contributed by atoms with Crippen molar-refractivity contribution in [1.82, 2.24) is 19.9 Å². The molecule has 124 valence electrons. The molecule has 3 rings (SSSR count). The predicted octanol–water partition coefficient (Wildman–Crippen LogP) is 0.559. The maximum Gasteiger partial charge on any atom is 0.215 e. The Kier molecular flexibility index (Phi) is 5.22. The quantitative estimate of drug-likeness (QED) is 0.807. The Morgan fingerprint density at radius 1 is 1.17 bits per heavy atom. The minimum absolute atomic E-state index is 0.0388. The number of benzene rings is 1. The lowest BCUT2D eigenvalue weighted by molar-refractivity contribution is 0.245. The van der Waals surface area contributed by atoms with Crippen molar-refractivity contribution in [2.75, 3.05) is 39.3 Å². The van der Waals surface area contributed by atoms with Crippen molar-refractivity contribution in [2.24, 2.45) is 0 Å². The van der Waals surface area contributed by atoms with Gasteiger partial charge >= 0.3 is 0 Å². The molecule has 2 heterocycles. The summed E-state index contributed by atoms with van der Waals surface area (Å²) in [4.78, 5) is 6.57. The average Bonchev–Trinajstić information content (AvgIpc) is 2.56. The van der Waals surface area contributed by atoms with Crippen LogP contribution in [0.25, 0.3) is 10.9 Å². The topological polar surface area (TPSA) is 74.3 Å². The van der Waals surface area contributed by atoms with E-state index in [1.54, 1.807) is 6.20 Å². The van der Waals surface area contributed by atoms with Crippen molar-refractivity contribution in [3.63, 3.8) is 0 Å². The van der Waals surface area contributed by atoms with Gasteiger partial charge in [0.15, 0.2) is 0 Å². The van der Waals surface area contributed by atoms with E-state index in [2.05, 4.69) is 19.9 Å². The summed E-state index contributed by atoms with van der Waals surface area (Å²) in [6.07, 6.45) is 1.69. The van der Waals surface area contributed by atoms with Gasteiger partial charge in [-0.05, 0) is 11.6 Å². The minimum atomic E-state index is -3.36. The van der Waals surface area contributed by atoms with Crippen molar-refractivity contribution >= 4 is 20.9 Å². The Bertz CT molecular complexity index is 752. The molecule has 7 heteroatoms. The number of aromatic nitrogens is 1. The van der Waals surface area contributed by atoms with Crippen LogP contribution in [0.3, 0.4) is 0 Å². The fourth-order valence-electron chi connectivity index (χ4n) is 2.83. The lowest BCUT2D eigenvalue weighted by Crippen LogP contribution is -2.46. The number of piperazine rings is 1. The number of para-hydroxylation sites is 1. The average molecular weight is 334 g/mol. The highest BCUT2D eigenvalue weighted by Crippen LogP contribution is 2.17. The third-order valence-electron chi connectivity index (χ3n) is 4.02. The van der Waals surface area contributed by atoms with Gasteiger partial charge in [0.1, 0.15) is 0 Å². The number of hydrogen-bond acceptors (Lipinski definition) is 5. The molecule has 2 aromatic rings. The first-order chi connectivity index (χ1) is 11.1. The second-order valence-electron chi connectivity index (χ2n) is 5.74. The van der Waals surface area contributed by atoms with Crippen LogP contribution in [0.15, 0.2) is 36.5 Å². The van der Waals surface area contributed by atoms with E-state index in [1.165, 1.54) is 0 Å². The molecule has 1 saturated heterocycles. The largest absolute Gasteiger partial charge is 0.314 e. The van der Waals surface area contributed by atoms with E-state index >= 15 is 0 Å². The molecule has 0 saturated carbocycles. The summed E-state index contributed by atoms with van der Waals surface area (Å²) in [5.41, 5.74) is 1.49. The Hall–Kier alpha value is -1.54. The Labute approximate surface area is 137 Å². The second-order valence-corrected chi connectivity index (χ2v) is 7.54. The zero-order valence-electron chi connectivity index (χ0n) is 13.0. The van der Waals surface area contributed by atoms with Crippen LogP contribution >= 0.6 is 0 Å². The number of hydrogen-bond donors (Lipinski definition) is 2. The van der Waals surface area contributed by atoms with E-state index in [4.69, 9.17) is 0 Å². The molecule has 1 aromatic carbocycles. The molecule has 2 N–H and O–H groups in total.